The maximum Gasteiger partial charge on any atom is 0.127 e. The second kappa shape index (κ2) is 11.5. The molecule has 3 heterocycles. The van der Waals surface area contributed by atoms with Crippen LogP contribution in [-0.2, 0) is 5.41 Å². The maximum atomic E-state index is 11.8. The highest BCUT2D eigenvalue weighted by atomic mass is 16.5. The van der Waals surface area contributed by atoms with E-state index < -0.39 is 0 Å². The third kappa shape index (κ3) is 5.82. The molecule has 4 heteroatoms. The van der Waals surface area contributed by atoms with Gasteiger partial charge in [0.15, 0.2) is 0 Å². The van der Waals surface area contributed by atoms with Crippen LogP contribution >= 0.6 is 0 Å². The number of benzene rings is 1. The normalized spacial score (nSPS) is 26.5. The summed E-state index contributed by atoms with van der Waals surface area (Å²) in [4.78, 5) is 5.44. The molecule has 1 N–H and O–H groups in total. The van der Waals surface area contributed by atoms with E-state index in [4.69, 9.17) is 4.74 Å². The Labute approximate surface area is 232 Å². The molecule has 2 atom stereocenters. The van der Waals surface area contributed by atoms with E-state index in [2.05, 4.69) is 62.6 Å². The van der Waals surface area contributed by atoms with E-state index in [0.717, 1.165) is 48.7 Å². The Balaban J connectivity index is 1.31. The number of phenolic OH excluding ortho intramolecular Hbond substituents is 1. The molecule has 212 valence electrons. The molecule has 0 saturated carbocycles. The van der Waals surface area contributed by atoms with Gasteiger partial charge in [0.1, 0.15) is 17.1 Å². The van der Waals surface area contributed by atoms with Gasteiger partial charge in [0.25, 0.3) is 0 Å². The molecule has 0 spiro atoms. The second-order valence-corrected chi connectivity index (χ2v) is 14.0. The fraction of sp³-hybridized carbons (Fsp3) is 0.765. The minimum absolute atomic E-state index is 0.0393. The minimum Gasteiger partial charge on any atom is -0.507 e. The Hall–Kier alpha value is -1.52. The topological polar surface area (TPSA) is 35.9 Å². The summed E-state index contributed by atoms with van der Waals surface area (Å²) in [6, 6.07) is 5.12. The average molecular weight is 523 g/mol. The molecule has 4 aliphatic rings. The number of allylic oxidation sites excluding steroid dienone is 1. The van der Waals surface area contributed by atoms with Crippen LogP contribution in [0.15, 0.2) is 23.8 Å². The van der Waals surface area contributed by atoms with Gasteiger partial charge in [-0.3, -0.25) is 4.90 Å². The fourth-order valence-corrected chi connectivity index (χ4v) is 8.07. The standard InChI is InChI=1S/C34H54N2O2/c1-6-7-8-9-18-33(2,3)29-14-15-30-31(32(29)37)27-23-25(12-13-28(27)34(4,5)38-30)24-35-21-16-26(17-22-35)36-19-10-11-20-36/h12,14-15,26-28,37H,6-11,13,16-24H2,1-5H3/t27-,28-/m0/s1. The fourth-order valence-electron chi connectivity index (χ4n) is 8.07. The summed E-state index contributed by atoms with van der Waals surface area (Å²) in [7, 11) is 0. The summed E-state index contributed by atoms with van der Waals surface area (Å²) in [5, 5.41) is 11.8. The summed E-state index contributed by atoms with van der Waals surface area (Å²) >= 11 is 0. The lowest BCUT2D eigenvalue weighted by atomic mass is 9.66. The number of nitrogens with zero attached hydrogens (tertiary/aromatic N) is 2. The van der Waals surface area contributed by atoms with E-state index in [1.807, 2.05) is 0 Å². The van der Waals surface area contributed by atoms with E-state index >= 15 is 0 Å². The van der Waals surface area contributed by atoms with Crippen molar-refractivity contribution >= 4 is 0 Å². The van der Waals surface area contributed by atoms with Crippen LogP contribution in [0.3, 0.4) is 0 Å². The number of fused-ring (bicyclic) bond motifs is 3. The third-order valence-electron chi connectivity index (χ3n) is 10.5. The number of ether oxygens (including phenoxy) is 1. The highest BCUT2D eigenvalue weighted by Gasteiger charge is 2.47. The molecule has 0 bridgehead atoms. The molecule has 38 heavy (non-hydrogen) atoms. The van der Waals surface area contributed by atoms with Crippen LogP contribution in [0.1, 0.15) is 122 Å². The molecule has 0 aromatic heterocycles. The van der Waals surface area contributed by atoms with Crippen molar-refractivity contribution in [1.29, 1.82) is 0 Å². The first-order chi connectivity index (χ1) is 18.2. The van der Waals surface area contributed by atoms with Crippen LogP contribution in [0.5, 0.6) is 11.5 Å². The monoisotopic (exact) mass is 522 g/mol. The molecule has 2 saturated heterocycles. The molecule has 3 aliphatic heterocycles. The summed E-state index contributed by atoms with van der Waals surface area (Å²) in [5.74, 6) is 2.15. The first-order valence-electron chi connectivity index (χ1n) is 15.9. The number of piperidine rings is 1. The van der Waals surface area contributed by atoms with Crippen molar-refractivity contribution < 1.29 is 9.84 Å². The molecule has 5 rings (SSSR count). The predicted molar refractivity (Wildman–Crippen MR) is 158 cm³/mol. The van der Waals surface area contributed by atoms with E-state index in [9.17, 15) is 5.11 Å². The molecule has 2 fully saturated rings. The average Bonchev–Trinajstić information content (AvgIpc) is 3.42. The van der Waals surface area contributed by atoms with E-state index in [1.54, 1.807) is 5.57 Å². The van der Waals surface area contributed by atoms with Crippen LogP contribution in [0.2, 0.25) is 0 Å². The Kier molecular flexibility index (Phi) is 8.50. The third-order valence-corrected chi connectivity index (χ3v) is 10.5. The first-order valence-corrected chi connectivity index (χ1v) is 15.9. The van der Waals surface area contributed by atoms with Crippen molar-refractivity contribution in [3.05, 3.63) is 34.9 Å². The number of unbranched alkanes of at least 4 members (excludes halogenated alkanes) is 3. The molecular weight excluding hydrogens is 468 g/mol. The van der Waals surface area contributed by atoms with Gasteiger partial charge in [-0.1, -0.05) is 64.2 Å². The number of rotatable bonds is 9. The lowest BCUT2D eigenvalue weighted by Crippen LogP contribution is -2.47. The lowest BCUT2D eigenvalue weighted by molar-refractivity contribution is 0.00674. The number of likely N-dealkylation sites (tertiary alicyclic amines) is 2. The molecule has 1 aliphatic carbocycles. The lowest BCUT2D eigenvalue weighted by Gasteiger charge is -2.48. The van der Waals surface area contributed by atoms with Crippen LogP contribution in [0.4, 0.5) is 0 Å². The summed E-state index contributed by atoms with van der Waals surface area (Å²) in [6.07, 6.45) is 16.2. The number of hydrogen-bond donors (Lipinski definition) is 1. The zero-order chi connectivity index (χ0) is 26.9. The molecular formula is C34H54N2O2. The van der Waals surface area contributed by atoms with Crippen molar-refractivity contribution in [3.8, 4) is 11.5 Å². The second-order valence-electron chi connectivity index (χ2n) is 14.0. The quantitative estimate of drug-likeness (QED) is 0.265. The van der Waals surface area contributed by atoms with Gasteiger partial charge in [0, 0.05) is 35.5 Å². The molecule has 0 amide bonds. The minimum atomic E-state index is -0.225. The summed E-state index contributed by atoms with van der Waals surface area (Å²) < 4.78 is 6.59. The zero-order valence-corrected chi connectivity index (χ0v) is 25.0. The molecule has 1 aromatic carbocycles. The van der Waals surface area contributed by atoms with Gasteiger partial charge in [-0.15, -0.1) is 0 Å². The van der Waals surface area contributed by atoms with Crippen LogP contribution < -0.4 is 4.74 Å². The number of hydrogen-bond acceptors (Lipinski definition) is 4. The van der Waals surface area contributed by atoms with Crippen LogP contribution in [0.25, 0.3) is 0 Å². The van der Waals surface area contributed by atoms with Crippen LogP contribution in [-0.4, -0.2) is 59.3 Å². The number of phenols is 1. The van der Waals surface area contributed by atoms with Crippen molar-refractivity contribution in [2.45, 2.75) is 128 Å². The summed E-state index contributed by atoms with van der Waals surface area (Å²) in [5.41, 5.74) is 3.50. The molecule has 0 unspecified atom stereocenters. The molecule has 0 radical (unpaired) electrons. The Morgan fingerprint density at radius 3 is 2.47 bits per heavy atom. The van der Waals surface area contributed by atoms with Gasteiger partial charge >= 0.3 is 0 Å². The highest BCUT2D eigenvalue weighted by molar-refractivity contribution is 5.56. The van der Waals surface area contributed by atoms with Crippen molar-refractivity contribution in [1.82, 2.24) is 9.80 Å². The van der Waals surface area contributed by atoms with Gasteiger partial charge in [0.05, 0.1) is 0 Å². The Morgan fingerprint density at radius 1 is 1.03 bits per heavy atom. The SMILES string of the molecule is CCCCCCC(C)(C)c1ccc2c(c1O)[C@H]1CC(CN3CCC(N4CCCC4)CC3)=CC[C@@H]1C(C)(C)O2. The molecule has 1 aromatic rings. The Bertz CT molecular complexity index is 982. The van der Waals surface area contributed by atoms with E-state index in [-0.39, 0.29) is 11.0 Å². The maximum absolute atomic E-state index is 11.8. The van der Waals surface area contributed by atoms with E-state index in [1.165, 1.54) is 77.5 Å². The number of aromatic hydroxyl groups is 1. The smallest absolute Gasteiger partial charge is 0.127 e. The largest absolute Gasteiger partial charge is 0.507 e. The van der Waals surface area contributed by atoms with Gasteiger partial charge in [0.2, 0.25) is 0 Å². The van der Waals surface area contributed by atoms with Gasteiger partial charge in [-0.2, -0.15) is 0 Å². The van der Waals surface area contributed by atoms with Crippen molar-refractivity contribution in [3.63, 3.8) is 0 Å². The van der Waals surface area contributed by atoms with Crippen LogP contribution in [0, 0.1) is 5.92 Å². The Morgan fingerprint density at radius 2 is 1.76 bits per heavy atom. The van der Waals surface area contributed by atoms with E-state index in [0.29, 0.717) is 17.6 Å². The summed E-state index contributed by atoms with van der Waals surface area (Å²) in [6.45, 7) is 17.5. The first kappa shape index (κ1) is 28.0. The van der Waals surface area contributed by atoms with Gasteiger partial charge in [-0.25, -0.2) is 0 Å². The van der Waals surface area contributed by atoms with Gasteiger partial charge < -0.3 is 14.7 Å². The van der Waals surface area contributed by atoms with Gasteiger partial charge in [-0.05, 0) is 96.5 Å². The highest BCUT2D eigenvalue weighted by Crippen LogP contribution is 2.56. The zero-order valence-electron chi connectivity index (χ0n) is 25.0. The van der Waals surface area contributed by atoms with Crippen molar-refractivity contribution in [2.75, 3.05) is 32.7 Å². The predicted octanol–water partition coefficient (Wildman–Crippen LogP) is 7.79. The molecule has 4 nitrogen and oxygen atoms in total. The van der Waals surface area contributed by atoms with Crippen molar-refractivity contribution in [2.24, 2.45) is 5.92 Å².